The molecule has 1 atom stereocenters. The Kier molecular flexibility index (Phi) is 4.44. The van der Waals surface area contributed by atoms with Crippen LogP contribution in [0.2, 0.25) is 0 Å². The smallest absolute Gasteiger partial charge is 0.260 e. The van der Waals surface area contributed by atoms with E-state index in [1.807, 2.05) is 31.9 Å². The lowest BCUT2D eigenvalue weighted by Gasteiger charge is -2.07. The summed E-state index contributed by atoms with van der Waals surface area (Å²) in [6.45, 7) is 3.79. The van der Waals surface area contributed by atoms with Gasteiger partial charge in [0.05, 0.1) is 16.9 Å². The Bertz CT molecular complexity index is 377. The highest BCUT2D eigenvalue weighted by atomic mass is 32.2. The van der Waals surface area contributed by atoms with Crippen LogP contribution in [0.4, 0.5) is 0 Å². The minimum Gasteiger partial charge on any atom is -0.370 e. The highest BCUT2D eigenvalue weighted by Crippen LogP contribution is 2.23. The molecule has 86 valence electrons. The van der Waals surface area contributed by atoms with E-state index in [0.29, 0.717) is 4.91 Å². The summed E-state index contributed by atoms with van der Waals surface area (Å²) in [4.78, 5) is 14.3. The van der Waals surface area contributed by atoms with Gasteiger partial charge in [-0.05, 0) is 19.9 Å². The number of allylic oxidation sites excluding steroid dienone is 1. The second-order valence-electron chi connectivity index (χ2n) is 3.85. The molecule has 1 heterocycles. The zero-order valence-electron chi connectivity index (χ0n) is 9.65. The third-order valence-electron chi connectivity index (χ3n) is 1.91. The summed E-state index contributed by atoms with van der Waals surface area (Å²) in [6, 6.07) is 1.49. The molecule has 1 rings (SSSR count). The first-order chi connectivity index (χ1) is 7.52. The van der Waals surface area contributed by atoms with Crippen LogP contribution < -0.4 is 5.32 Å². The fraction of sp³-hybridized carbons (Fsp3) is 0.455. The van der Waals surface area contributed by atoms with Crippen molar-refractivity contribution in [3.8, 4) is 6.07 Å². The number of nitrogens with one attached hydrogen (secondary N) is 1. The van der Waals surface area contributed by atoms with Gasteiger partial charge in [0.2, 0.25) is 0 Å². The maximum absolute atomic E-state index is 11.7. The number of rotatable bonds is 3. The molecule has 1 amide bonds. The van der Waals surface area contributed by atoms with Crippen LogP contribution in [0, 0.1) is 11.3 Å². The van der Waals surface area contributed by atoms with Crippen LogP contribution in [-0.2, 0) is 4.79 Å². The molecule has 0 bridgehead atoms. The van der Waals surface area contributed by atoms with Crippen LogP contribution in [0.5, 0.6) is 0 Å². The van der Waals surface area contributed by atoms with Crippen LogP contribution in [0.3, 0.4) is 0 Å². The fourth-order valence-corrected chi connectivity index (χ4v) is 2.09. The quantitative estimate of drug-likeness (QED) is 0.755. The molecule has 1 aliphatic rings. The van der Waals surface area contributed by atoms with Gasteiger partial charge in [-0.1, -0.05) is 17.3 Å². The van der Waals surface area contributed by atoms with Gasteiger partial charge in [-0.25, -0.2) is 0 Å². The third kappa shape index (κ3) is 3.63. The van der Waals surface area contributed by atoms with Gasteiger partial charge >= 0.3 is 0 Å². The van der Waals surface area contributed by atoms with Crippen molar-refractivity contribution in [3.63, 3.8) is 0 Å². The Morgan fingerprint density at radius 3 is 2.88 bits per heavy atom. The molecule has 0 saturated carbocycles. The lowest BCUT2D eigenvalue weighted by Crippen LogP contribution is -2.32. The zero-order valence-corrected chi connectivity index (χ0v) is 10.5. The van der Waals surface area contributed by atoms with Crippen molar-refractivity contribution < 1.29 is 4.79 Å². The molecule has 0 saturated heterocycles. The highest BCUT2D eigenvalue weighted by molar-refractivity contribution is 8.04. The van der Waals surface area contributed by atoms with Crippen molar-refractivity contribution in [2.24, 2.45) is 0 Å². The Balaban J connectivity index is 2.60. The first-order valence-electron chi connectivity index (χ1n) is 4.93. The minimum absolute atomic E-state index is 0.182. The van der Waals surface area contributed by atoms with Gasteiger partial charge in [0.25, 0.3) is 5.91 Å². The number of carbonyl (C=O) groups is 1. The van der Waals surface area contributed by atoms with Gasteiger partial charge in [-0.2, -0.15) is 5.26 Å². The van der Waals surface area contributed by atoms with Gasteiger partial charge in [0.1, 0.15) is 6.04 Å². The monoisotopic (exact) mass is 237 g/mol. The highest BCUT2D eigenvalue weighted by Gasteiger charge is 2.18. The molecule has 0 aromatic heterocycles. The molecule has 1 aliphatic heterocycles. The van der Waals surface area contributed by atoms with Crippen molar-refractivity contribution in [2.45, 2.75) is 19.9 Å². The number of hydrogen-bond acceptors (Lipinski definition) is 4. The largest absolute Gasteiger partial charge is 0.370 e. The molecule has 0 fully saturated rings. The van der Waals surface area contributed by atoms with E-state index in [1.165, 1.54) is 11.8 Å². The Morgan fingerprint density at radius 2 is 2.44 bits per heavy atom. The SMILES string of the molecule is CC(C)=CC(C#N)NC(=O)C1=CN(C)CS1. The third-order valence-corrected chi connectivity index (χ3v) is 3.05. The van der Waals surface area contributed by atoms with Crippen molar-refractivity contribution in [1.29, 1.82) is 5.26 Å². The molecule has 0 spiro atoms. The molecule has 0 aromatic rings. The van der Waals surface area contributed by atoms with E-state index < -0.39 is 6.04 Å². The average Bonchev–Trinajstić information content (AvgIpc) is 2.63. The number of carbonyl (C=O) groups excluding carboxylic acids is 1. The molecule has 0 radical (unpaired) electrons. The Morgan fingerprint density at radius 1 is 1.75 bits per heavy atom. The van der Waals surface area contributed by atoms with E-state index in [2.05, 4.69) is 5.32 Å². The van der Waals surface area contributed by atoms with Crippen LogP contribution in [0.1, 0.15) is 13.8 Å². The molecule has 0 aromatic carbocycles. The van der Waals surface area contributed by atoms with E-state index in [4.69, 9.17) is 5.26 Å². The summed E-state index contributed by atoms with van der Waals surface area (Å²) in [7, 11) is 1.91. The summed E-state index contributed by atoms with van der Waals surface area (Å²) in [6.07, 6.45) is 3.53. The number of thioether (sulfide) groups is 1. The maximum atomic E-state index is 11.7. The summed E-state index contributed by atoms with van der Waals surface area (Å²) in [5, 5.41) is 11.5. The van der Waals surface area contributed by atoms with Gasteiger partial charge in [-0.3, -0.25) is 4.79 Å². The second-order valence-corrected chi connectivity index (χ2v) is 4.83. The molecule has 5 heteroatoms. The number of nitrogens with zero attached hydrogens (tertiary/aromatic N) is 2. The maximum Gasteiger partial charge on any atom is 0.260 e. The number of hydrogen-bond donors (Lipinski definition) is 1. The molecule has 1 N–H and O–H groups in total. The van der Waals surface area contributed by atoms with Gasteiger partial charge in [-0.15, -0.1) is 0 Å². The lowest BCUT2D eigenvalue weighted by atomic mass is 10.2. The number of amides is 1. The normalized spacial score (nSPS) is 16.1. The van der Waals surface area contributed by atoms with Crippen molar-refractivity contribution >= 4 is 17.7 Å². The Hall–Kier alpha value is -1.41. The molecular formula is C11H15N3OS. The fourth-order valence-electron chi connectivity index (χ4n) is 1.23. The predicted molar refractivity (Wildman–Crippen MR) is 65.3 cm³/mol. The summed E-state index contributed by atoms with van der Waals surface area (Å²) >= 11 is 1.47. The van der Waals surface area contributed by atoms with Gasteiger partial charge in [0.15, 0.2) is 0 Å². The summed E-state index contributed by atoms with van der Waals surface area (Å²) in [5.74, 6) is 0.598. The Labute approximate surface area is 100.0 Å². The van der Waals surface area contributed by atoms with Crippen LogP contribution in [0.25, 0.3) is 0 Å². The molecule has 0 aliphatic carbocycles. The van der Waals surface area contributed by atoms with Crippen LogP contribution in [0.15, 0.2) is 22.8 Å². The first kappa shape index (κ1) is 12.7. The van der Waals surface area contributed by atoms with E-state index in [9.17, 15) is 4.79 Å². The molecule has 4 nitrogen and oxygen atoms in total. The van der Waals surface area contributed by atoms with Gasteiger partial charge in [0, 0.05) is 13.2 Å². The van der Waals surface area contributed by atoms with Crippen LogP contribution >= 0.6 is 11.8 Å². The topological polar surface area (TPSA) is 56.1 Å². The predicted octanol–water partition coefficient (Wildman–Crippen LogP) is 1.44. The summed E-state index contributed by atoms with van der Waals surface area (Å²) < 4.78 is 0. The average molecular weight is 237 g/mol. The van der Waals surface area contributed by atoms with Crippen LogP contribution in [-0.4, -0.2) is 29.8 Å². The molecular weight excluding hydrogens is 222 g/mol. The van der Waals surface area contributed by atoms with Crippen molar-refractivity contribution in [1.82, 2.24) is 10.2 Å². The summed E-state index contributed by atoms with van der Waals surface area (Å²) in [5.41, 5.74) is 1.01. The van der Waals surface area contributed by atoms with Crippen molar-refractivity contribution in [3.05, 3.63) is 22.8 Å². The van der Waals surface area contributed by atoms with Gasteiger partial charge < -0.3 is 10.2 Å². The second kappa shape index (κ2) is 5.61. The lowest BCUT2D eigenvalue weighted by molar-refractivity contribution is -0.116. The van der Waals surface area contributed by atoms with E-state index in [-0.39, 0.29) is 5.91 Å². The number of nitriles is 1. The minimum atomic E-state index is -0.551. The van der Waals surface area contributed by atoms with E-state index in [1.54, 1.807) is 12.3 Å². The van der Waals surface area contributed by atoms with Crippen molar-refractivity contribution in [2.75, 3.05) is 12.9 Å². The molecule has 16 heavy (non-hydrogen) atoms. The van der Waals surface area contributed by atoms with E-state index in [0.717, 1.165) is 11.4 Å². The molecule has 1 unspecified atom stereocenters. The van der Waals surface area contributed by atoms with E-state index >= 15 is 0 Å². The standard InChI is InChI=1S/C11H15N3OS/c1-8(2)4-9(5-12)13-11(15)10-6-14(3)7-16-10/h4,6,9H,7H2,1-3H3,(H,13,15). The zero-order chi connectivity index (χ0) is 12.1. The first-order valence-corrected chi connectivity index (χ1v) is 5.92.